The molecule has 1 aliphatic heterocycles. The van der Waals surface area contributed by atoms with Crippen molar-refractivity contribution in [2.45, 2.75) is 39.1 Å². The van der Waals surface area contributed by atoms with Gasteiger partial charge in [0.05, 0.1) is 0 Å². The maximum Gasteiger partial charge on any atom is 0.136 e. The van der Waals surface area contributed by atoms with E-state index >= 15 is 0 Å². The van der Waals surface area contributed by atoms with Crippen molar-refractivity contribution in [1.82, 2.24) is 10.6 Å². The SMILES string of the molecule is C/C1=C/C(C)(O)NC(C)(O)/C=C(/C)N1. The van der Waals surface area contributed by atoms with Crippen LogP contribution in [0.25, 0.3) is 0 Å². The average molecular weight is 198 g/mol. The lowest BCUT2D eigenvalue weighted by atomic mass is 10.1. The Morgan fingerprint density at radius 2 is 1.36 bits per heavy atom. The quantitative estimate of drug-likeness (QED) is 0.455. The number of hydrogen-bond acceptors (Lipinski definition) is 4. The van der Waals surface area contributed by atoms with Crippen LogP contribution in [0.5, 0.6) is 0 Å². The topological polar surface area (TPSA) is 64.5 Å². The Hall–Kier alpha value is -0.840. The first kappa shape index (κ1) is 11.2. The van der Waals surface area contributed by atoms with Crippen LogP contribution in [0, 0.1) is 0 Å². The highest BCUT2D eigenvalue weighted by molar-refractivity contribution is 5.18. The Balaban J connectivity index is 3.02. The van der Waals surface area contributed by atoms with Crippen molar-refractivity contribution >= 4 is 0 Å². The summed E-state index contributed by atoms with van der Waals surface area (Å²) in [5.74, 6) is 0. The lowest BCUT2D eigenvalue weighted by Gasteiger charge is -2.33. The van der Waals surface area contributed by atoms with Crippen molar-refractivity contribution in [3.63, 3.8) is 0 Å². The Labute approximate surface area is 84.3 Å². The molecule has 0 amide bonds. The average Bonchev–Trinajstić information content (AvgIpc) is 1.74. The van der Waals surface area contributed by atoms with Gasteiger partial charge in [-0.25, -0.2) is 0 Å². The molecule has 4 nitrogen and oxygen atoms in total. The molecule has 14 heavy (non-hydrogen) atoms. The minimum absolute atomic E-state index is 0.840. The largest absolute Gasteiger partial charge is 0.372 e. The molecule has 0 aliphatic carbocycles. The second kappa shape index (κ2) is 3.38. The zero-order chi connectivity index (χ0) is 11.0. The van der Waals surface area contributed by atoms with Crippen LogP contribution in [-0.4, -0.2) is 21.7 Å². The van der Waals surface area contributed by atoms with Gasteiger partial charge in [-0.1, -0.05) is 0 Å². The highest BCUT2D eigenvalue weighted by Gasteiger charge is 2.29. The third-order valence-corrected chi connectivity index (χ3v) is 1.90. The van der Waals surface area contributed by atoms with Gasteiger partial charge in [0, 0.05) is 11.4 Å². The lowest BCUT2D eigenvalue weighted by Crippen LogP contribution is -2.54. The molecule has 1 rings (SSSR count). The number of aliphatic hydroxyl groups is 2. The first-order valence-electron chi connectivity index (χ1n) is 4.60. The van der Waals surface area contributed by atoms with Gasteiger partial charge in [0.1, 0.15) is 11.4 Å². The van der Waals surface area contributed by atoms with Gasteiger partial charge in [0.2, 0.25) is 0 Å². The summed E-state index contributed by atoms with van der Waals surface area (Å²) in [4.78, 5) is 0. The van der Waals surface area contributed by atoms with Gasteiger partial charge in [0.25, 0.3) is 0 Å². The fourth-order valence-electron chi connectivity index (χ4n) is 1.81. The summed E-state index contributed by atoms with van der Waals surface area (Å²) in [6, 6.07) is 0. The summed E-state index contributed by atoms with van der Waals surface area (Å²) in [6.45, 7) is 6.88. The molecule has 0 fully saturated rings. The maximum atomic E-state index is 9.85. The molecule has 0 bridgehead atoms. The monoisotopic (exact) mass is 198 g/mol. The van der Waals surface area contributed by atoms with Gasteiger partial charge >= 0.3 is 0 Å². The highest BCUT2D eigenvalue weighted by Crippen LogP contribution is 2.15. The molecule has 0 aromatic rings. The van der Waals surface area contributed by atoms with Crippen LogP contribution in [0.2, 0.25) is 0 Å². The van der Waals surface area contributed by atoms with Gasteiger partial charge in [-0.05, 0) is 39.8 Å². The minimum atomic E-state index is -1.22. The first-order chi connectivity index (χ1) is 6.20. The van der Waals surface area contributed by atoms with Crippen LogP contribution in [0.1, 0.15) is 27.7 Å². The van der Waals surface area contributed by atoms with Crippen molar-refractivity contribution in [3.8, 4) is 0 Å². The fraction of sp³-hybridized carbons (Fsp3) is 0.600. The van der Waals surface area contributed by atoms with E-state index in [-0.39, 0.29) is 0 Å². The summed E-state index contributed by atoms with van der Waals surface area (Å²) in [5.41, 5.74) is -0.770. The minimum Gasteiger partial charge on any atom is -0.372 e. The fourth-order valence-corrected chi connectivity index (χ4v) is 1.81. The Morgan fingerprint density at radius 3 is 1.71 bits per heavy atom. The Kier molecular flexibility index (Phi) is 2.71. The van der Waals surface area contributed by atoms with E-state index in [1.807, 2.05) is 13.8 Å². The molecule has 0 aromatic carbocycles. The van der Waals surface area contributed by atoms with E-state index in [1.165, 1.54) is 0 Å². The highest BCUT2D eigenvalue weighted by atomic mass is 16.3. The van der Waals surface area contributed by atoms with Crippen molar-refractivity contribution in [3.05, 3.63) is 23.5 Å². The van der Waals surface area contributed by atoms with E-state index in [4.69, 9.17) is 0 Å². The third-order valence-electron chi connectivity index (χ3n) is 1.90. The van der Waals surface area contributed by atoms with E-state index in [2.05, 4.69) is 10.6 Å². The predicted octanol–water partition coefficient (Wildman–Crippen LogP) is 0.404. The maximum absolute atomic E-state index is 9.85. The molecule has 4 heteroatoms. The summed E-state index contributed by atoms with van der Waals surface area (Å²) in [5, 5.41) is 25.5. The molecule has 4 N–H and O–H groups in total. The summed E-state index contributed by atoms with van der Waals surface area (Å²) in [6.07, 6.45) is 3.25. The summed E-state index contributed by atoms with van der Waals surface area (Å²) < 4.78 is 0. The van der Waals surface area contributed by atoms with Crippen LogP contribution in [-0.2, 0) is 0 Å². The van der Waals surface area contributed by atoms with E-state index in [0.29, 0.717) is 0 Å². The molecule has 0 radical (unpaired) electrons. The molecule has 0 spiro atoms. The molecule has 0 saturated carbocycles. The van der Waals surface area contributed by atoms with E-state index < -0.39 is 11.4 Å². The lowest BCUT2D eigenvalue weighted by molar-refractivity contribution is -0.0327. The number of allylic oxidation sites excluding steroid dienone is 2. The predicted molar refractivity (Wildman–Crippen MR) is 55.0 cm³/mol. The summed E-state index contributed by atoms with van der Waals surface area (Å²) >= 11 is 0. The Morgan fingerprint density at radius 1 is 1.00 bits per heavy atom. The van der Waals surface area contributed by atoms with Crippen LogP contribution in [0.4, 0.5) is 0 Å². The van der Waals surface area contributed by atoms with Crippen molar-refractivity contribution in [1.29, 1.82) is 0 Å². The van der Waals surface area contributed by atoms with Crippen LogP contribution in [0.3, 0.4) is 0 Å². The summed E-state index contributed by atoms with van der Waals surface area (Å²) in [7, 11) is 0. The zero-order valence-corrected chi connectivity index (χ0v) is 9.05. The molecule has 2 atom stereocenters. The molecule has 2 unspecified atom stereocenters. The van der Waals surface area contributed by atoms with Gasteiger partial charge < -0.3 is 15.5 Å². The molecule has 0 aromatic heterocycles. The van der Waals surface area contributed by atoms with Gasteiger partial charge in [-0.3, -0.25) is 5.32 Å². The van der Waals surface area contributed by atoms with E-state index in [0.717, 1.165) is 11.4 Å². The second-order valence-electron chi connectivity index (χ2n) is 4.20. The number of hydrogen-bond donors (Lipinski definition) is 4. The molecular formula is C10H18N2O2. The zero-order valence-electron chi connectivity index (χ0n) is 9.05. The van der Waals surface area contributed by atoms with Gasteiger partial charge in [-0.2, -0.15) is 0 Å². The van der Waals surface area contributed by atoms with Crippen molar-refractivity contribution in [2.24, 2.45) is 0 Å². The van der Waals surface area contributed by atoms with Gasteiger partial charge in [-0.15, -0.1) is 0 Å². The Bertz CT molecular complexity index is 262. The second-order valence-corrected chi connectivity index (χ2v) is 4.20. The molecule has 80 valence electrons. The number of nitrogens with one attached hydrogen (secondary N) is 2. The smallest absolute Gasteiger partial charge is 0.136 e. The third kappa shape index (κ3) is 3.14. The normalized spacial score (nSPS) is 46.4. The standard InChI is InChI=1S/C10H18N2O2/c1-7-5-9(3,13)12-10(4,14)6-8(2)11-7/h5-6,11-14H,1-4H3/b7-5-,8-6-. The van der Waals surface area contributed by atoms with E-state index in [1.54, 1.807) is 26.0 Å². The van der Waals surface area contributed by atoms with Gasteiger partial charge in [0.15, 0.2) is 0 Å². The molecule has 1 heterocycles. The first-order valence-corrected chi connectivity index (χ1v) is 4.60. The number of rotatable bonds is 0. The van der Waals surface area contributed by atoms with Crippen LogP contribution in [0.15, 0.2) is 23.5 Å². The van der Waals surface area contributed by atoms with E-state index in [9.17, 15) is 10.2 Å². The van der Waals surface area contributed by atoms with Crippen molar-refractivity contribution in [2.75, 3.05) is 0 Å². The molecular weight excluding hydrogens is 180 g/mol. The molecule has 0 saturated heterocycles. The van der Waals surface area contributed by atoms with Crippen LogP contribution >= 0.6 is 0 Å². The van der Waals surface area contributed by atoms with Crippen LogP contribution < -0.4 is 10.6 Å². The molecule has 1 aliphatic rings. The van der Waals surface area contributed by atoms with Crippen molar-refractivity contribution < 1.29 is 10.2 Å².